The van der Waals surface area contributed by atoms with Crippen molar-refractivity contribution in [2.45, 2.75) is 18.4 Å². The Hall–Kier alpha value is -3.43. The number of hydrogen-bond acceptors (Lipinski definition) is 7. The van der Waals surface area contributed by atoms with Gasteiger partial charge in [-0.25, -0.2) is 28.5 Å². The zero-order chi connectivity index (χ0) is 19.7. The van der Waals surface area contributed by atoms with Crippen LogP contribution in [0.3, 0.4) is 0 Å². The third kappa shape index (κ3) is 5.03. The molecule has 0 radical (unpaired) electrons. The molecule has 0 bridgehead atoms. The van der Waals surface area contributed by atoms with E-state index in [0.717, 1.165) is 16.7 Å². The van der Waals surface area contributed by atoms with E-state index >= 15 is 0 Å². The third-order valence-corrected chi connectivity index (χ3v) is 3.56. The van der Waals surface area contributed by atoms with E-state index < -0.39 is 34.5 Å². The minimum absolute atomic E-state index is 0.0449. The fraction of sp³-hybridized carbons (Fsp3) is 0.312. The monoisotopic (exact) mass is 365 g/mol. The number of nitrogens with one attached hydrogen (secondary N) is 2. The average molecular weight is 365 g/mol. The molecule has 10 nitrogen and oxygen atoms in total. The summed E-state index contributed by atoms with van der Waals surface area (Å²) in [6.07, 6.45) is 3.11. The van der Waals surface area contributed by atoms with Gasteiger partial charge in [0, 0.05) is 25.0 Å². The van der Waals surface area contributed by atoms with Crippen molar-refractivity contribution < 1.29 is 19.1 Å². The van der Waals surface area contributed by atoms with E-state index in [4.69, 9.17) is 9.47 Å². The summed E-state index contributed by atoms with van der Waals surface area (Å²) in [5.74, 6) is -1.38. The number of H-pyrrole nitrogens is 2. The quantitative estimate of drug-likeness (QED) is 0.319. The first-order chi connectivity index (χ1) is 12.3. The Labute approximate surface area is 147 Å². The minimum Gasteiger partial charge on any atom is -0.462 e. The number of carbonyl (C=O) groups excluding carboxylic acids is 2. The summed E-state index contributed by atoms with van der Waals surface area (Å²) in [6, 6.07) is 0. The Balaban J connectivity index is 3.26. The number of rotatable bonds is 10. The van der Waals surface area contributed by atoms with Crippen LogP contribution in [0.4, 0.5) is 0 Å². The standard InChI is InChI=1S/C16H19N3O7/c1-4-11(20)25-9-7-16(6-3,8-10-26-12(21)5-2)19-14(23)17-13(22)18-15(19)24/h4-6H,1-3,7-10H2,(H2,17,18,22,23,24). The largest absolute Gasteiger partial charge is 0.462 e. The molecule has 0 spiro atoms. The van der Waals surface area contributed by atoms with Crippen molar-refractivity contribution in [3.63, 3.8) is 0 Å². The van der Waals surface area contributed by atoms with Gasteiger partial charge in [-0.3, -0.25) is 9.97 Å². The molecule has 1 aromatic rings. The lowest BCUT2D eigenvalue weighted by Crippen LogP contribution is -2.53. The SMILES string of the molecule is C=CC(=O)OCCC(C=C)(CCOC(=O)C=C)n1c(=O)[nH]c(=O)[nH]c1=O. The number of hydrogen-bond donors (Lipinski definition) is 2. The fourth-order valence-corrected chi connectivity index (χ4v) is 2.25. The molecule has 0 aliphatic heterocycles. The Morgan fingerprint density at radius 3 is 1.69 bits per heavy atom. The third-order valence-electron chi connectivity index (χ3n) is 3.56. The van der Waals surface area contributed by atoms with Crippen molar-refractivity contribution >= 4 is 11.9 Å². The van der Waals surface area contributed by atoms with Gasteiger partial charge in [0.05, 0.1) is 18.8 Å². The van der Waals surface area contributed by atoms with E-state index in [1.807, 2.05) is 9.97 Å². The van der Waals surface area contributed by atoms with Gasteiger partial charge in [0.2, 0.25) is 0 Å². The van der Waals surface area contributed by atoms with Gasteiger partial charge in [0.25, 0.3) is 0 Å². The molecule has 1 rings (SSSR count). The summed E-state index contributed by atoms with van der Waals surface area (Å²) in [7, 11) is 0. The highest BCUT2D eigenvalue weighted by Crippen LogP contribution is 2.24. The molecule has 0 aliphatic rings. The molecule has 0 fully saturated rings. The van der Waals surface area contributed by atoms with Crippen LogP contribution in [0.2, 0.25) is 0 Å². The Morgan fingerprint density at radius 1 is 0.923 bits per heavy atom. The van der Waals surface area contributed by atoms with Gasteiger partial charge < -0.3 is 9.47 Å². The summed E-state index contributed by atoms with van der Waals surface area (Å²) in [6.45, 7) is 9.78. The molecule has 26 heavy (non-hydrogen) atoms. The molecule has 0 atom stereocenters. The molecule has 0 aliphatic carbocycles. The van der Waals surface area contributed by atoms with E-state index in [2.05, 4.69) is 19.7 Å². The lowest BCUT2D eigenvalue weighted by Gasteiger charge is -2.31. The average Bonchev–Trinajstić information content (AvgIpc) is 2.59. The molecule has 10 heteroatoms. The highest BCUT2D eigenvalue weighted by atomic mass is 16.5. The first kappa shape index (κ1) is 20.6. The van der Waals surface area contributed by atoms with Gasteiger partial charge in [-0.1, -0.05) is 19.2 Å². The van der Waals surface area contributed by atoms with Crippen molar-refractivity contribution in [2.75, 3.05) is 13.2 Å². The number of allylic oxidation sites excluding steroid dienone is 1. The molecule has 140 valence electrons. The zero-order valence-corrected chi connectivity index (χ0v) is 14.0. The van der Waals surface area contributed by atoms with Crippen molar-refractivity contribution in [3.8, 4) is 0 Å². The zero-order valence-electron chi connectivity index (χ0n) is 14.0. The summed E-state index contributed by atoms with van der Waals surface area (Å²) in [5, 5.41) is 0. The molecule has 0 saturated carbocycles. The Morgan fingerprint density at radius 2 is 1.35 bits per heavy atom. The van der Waals surface area contributed by atoms with Crippen LogP contribution in [0, 0.1) is 0 Å². The number of ether oxygens (including phenoxy) is 2. The molecule has 1 heterocycles. The predicted molar refractivity (Wildman–Crippen MR) is 91.7 cm³/mol. The van der Waals surface area contributed by atoms with Gasteiger partial charge in [0.15, 0.2) is 0 Å². The Kier molecular flexibility index (Phi) is 7.26. The predicted octanol–water partition coefficient (Wildman–Crippen LogP) is -0.655. The second-order valence-electron chi connectivity index (χ2n) is 5.08. The molecule has 0 saturated heterocycles. The van der Waals surface area contributed by atoms with Crippen molar-refractivity contribution in [1.29, 1.82) is 0 Å². The highest BCUT2D eigenvalue weighted by Gasteiger charge is 2.33. The van der Waals surface area contributed by atoms with Crippen LogP contribution >= 0.6 is 0 Å². The normalized spacial score (nSPS) is 10.6. The van der Waals surface area contributed by atoms with Crippen LogP contribution in [0.5, 0.6) is 0 Å². The van der Waals surface area contributed by atoms with E-state index in [1.165, 1.54) is 6.08 Å². The molecular formula is C16H19N3O7. The molecule has 1 aromatic heterocycles. The van der Waals surface area contributed by atoms with Gasteiger partial charge in [-0.15, -0.1) is 6.58 Å². The van der Waals surface area contributed by atoms with E-state index in [0.29, 0.717) is 0 Å². The van der Waals surface area contributed by atoms with E-state index in [-0.39, 0.29) is 26.1 Å². The lowest BCUT2D eigenvalue weighted by molar-refractivity contribution is -0.138. The second-order valence-corrected chi connectivity index (χ2v) is 5.08. The van der Waals surface area contributed by atoms with Crippen LogP contribution in [-0.4, -0.2) is 39.7 Å². The summed E-state index contributed by atoms with van der Waals surface area (Å²) in [4.78, 5) is 61.9. The second kappa shape index (κ2) is 9.16. The number of aromatic nitrogens is 3. The van der Waals surface area contributed by atoms with E-state index in [9.17, 15) is 24.0 Å². The van der Waals surface area contributed by atoms with Gasteiger partial charge in [-0.05, 0) is 0 Å². The summed E-state index contributed by atoms with van der Waals surface area (Å²) in [5.41, 5.74) is -4.32. The fourth-order valence-electron chi connectivity index (χ4n) is 2.25. The van der Waals surface area contributed by atoms with Gasteiger partial charge in [-0.2, -0.15) is 0 Å². The van der Waals surface area contributed by atoms with Crippen LogP contribution < -0.4 is 17.1 Å². The maximum Gasteiger partial charge on any atom is 0.334 e. The Bertz CT molecular complexity index is 815. The smallest absolute Gasteiger partial charge is 0.334 e. The van der Waals surface area contributed by atoms with Crippen molar-refractivity contribution in [1.82, 2.24) is 14.5 Å². The maximum atomic E-state index is 12.2. The number of carbonyl (C=O) groups is 2. The molecule has 0 amide bonds. The van der Waals surface area contributed by atoms with E-state index in [1.54, 1.807) is 0 Å². The van der Waals surface area contributed by atoms with Crippen LogP contribution in [0.25, 0.3) is 0 Å². The van der Waals surface area contributed by atoms with Gasteiger partial charge >= 0.3 is 29.0 Å². The molecule has 2 N–H and O–H groups in total. The highest BCUT2D eigenvalue weighted by molar-refractivity contribution is 5.81. The topological polar surface area (TPSA) is 140 Å². The number of esters is 2. The molecule has 0 aromatic carbocycles. The van der Waals surface area contributed by atoms with Crippen molar-refractivity contribution in [3.05, 3.63) is 69.4 Å². The summed E-state index contributed by atoms with van der Waals surface area (Å²) < 4.78 is 10.5. The number of aromatic amines is 2. The maximum absolute atomic E-state index is 12.2. The van der Waals surface area contributed by atoms with Crippen LogP contribution in [0.15, 0.2) is 52.3 Å². The minimum atomic E-state index is -1.39. The van der Waals surface area contributed by atoms with Crippen molar-refractivity contribution in [2.24, 2.45) is 0 Å². The van der Waals surface area contributed by atoms with Crippen LogP contribution in [0.1, 0.15) is 12.8 Å². The van der Waals surface area contributed by atoms with Crippen LogP contribution in [-0.2, 0) is 24.6 Å². The molecular weight excluding hydrogens is 346 g/mol. The summed E-state index contributed by atoms with van der Waals surface area (Å²) >= 11 is 0. The molecule has 0 unspecified atom stereocenters. The first-order valence-electron chi connectivity index (χ1n) is 7.47. The van der Waals surface area contributed by atoms with Gasteiger partial charge in [0.1, 0.15) is 0 Å². The number of nitrogens with zero attached hydrogens (tertiary/aromatic N) is 1. The first-order valence-corrected chi connectivity index (χ1v) is 7.47. The lowest BCUT2D eigenvalue weighted by atomic mass is 9.91.